The Balaban J connectivity index is 1.73. The van der Waals surface area contributed by atoms with Crippen LogP contribution in [0.2, 0.25) is 0 Å². The first-order valence-electron chi connectivity index (χ1n) is 9.00. The van der Waals surface area contributed by atoms with Gasteiger partial charge >= 0.3 is 11.6 Å². The number of anilines is 2. The number of alkyl halides is 3. The number of benzene rings is 2. The minimum absolute atomic E-state index is 0.109. The molecule has 0 spiro atoms. The van der Waals surface area contributed by atoms with Crippen molar-refractivity contribution in [2.75, 3.05) is 29.5 Å². The second-order valence-corrected chi connectivity index (χ2v) is 8.82. The first-order valence-corrected chi connectivity index (χ1v) is 10.5. The van der Waals surface area contributed by atoms with Gasteiger partial charge in [-0.05, 0) is 41.8 Å². The van der Waals surface area contributed by atoms with E-state index in [-0.39, 0.29) is 25.4 Å². The van der Waals surface area contributed by atoms with Crippen LogP contribution in [-0.2, 0) is 27.5 Å². The average Bonchev–Trinajstić information content (AvgIpc) is 3.12. The van der Waals surface area contributed by atoms with Gasteiger partial charge in [-0.2, -0.15) is 13.2 Å². The molecule has 0 N–H and O–H groups in total. The fourth-order valence-electron chi connectivity index (χ4n) is 3.75. The third-order valence-corrected chi connectivity index (χ3v) is 6.67. The monoisotopic (exact) mass is 444 g/mol. The van der Waals surface area contributed by atoms with Crippen molar-refractivity contribution in [2.45, 2.75) is 23.4 Å². The second kappa shape index (κ2) is 7.15. The molecule has 0 radical (unpaired) electrons. The first-order chi connectivity index (χ1) is 14.1. The number of ether oxygens (including phenoxy) is 1. The van der Waals surface area contributed by atoms with Crippen molar-refractivity contribution in [2.24, 2.45) is 0 Å². The standard InChI is InChI=1S/C19H16F4N2O4S/c20-13-4-5-16(17(10-13)30(27,28)19(21,22)23)24-7-6-14-12(11-24)2-1-3-15(14)25-8-9-29-18(25)26/h1-5,10H,6-9,11H2. The van der Waals surface area contributed by atoms with Crippen LogP contribution < -0.4 is 9.80 Å². The zero-order valence-corrected chi connectivity index (χ0v) is 16.3. The summed E-state index contributed by atoms with van der Waals surface area (Å²) in [5.41, 5.74) is -3.53. The minimum Gasteiger partial charge on any atom is -0.447 e. The van der Waals surface area contributed by atoms with Crippen molar-refractivity contribution in [1.82, 2.24) is 0 Å². The Morgan fingerprint density at radius 2 is 1.80 bits per heavy atom. The maximum Gasteiger partial charge on any atom is 0.501 e. The van der Waals surface area contributed by atoms with Crippen LogP contribution in [0.3, 0.4) is 0 Å². The van der Waals surface area contributed by atoms with Crippen LogP contribution in [0.5, 0.6) is 0 Å². The van der Waals surface area contributed by atoms with Gasteiger partial charge in [-0.25, -0.2) is 17.6 Å². The molecule has 30 heavy (non-hydrogen) atoms. The molecule has 1 amide bonds. The molecule has 4 rings (SSSR count). The van der Waals surface area contributed by atoms with E-state index in [4.69, 9.17) is 4.74 Å². The van der Waals surface area contributed by atoms with E-state index in [1.165, 1.54) is 9.80 Å². The minimum atomic E-state index is -5.74. The Morgan fingerprint density at radius 3 is 2.47 bits per heavy atom. The van der Waals surface area contributed by atoms with Gasteiger partial charge in [0, 0.05) is 13.1 Å². The predicted molar refractivity (Wildman–Crippen MR) is 99.5 cm³/mol. The Labute approximate surface area is 169 Å². The van der Waals surface area contributed by atoms with Gasteiger partial charge in [0.1, 0.15) is 17.3 Å². The number of hydrogen-bond acceptors (Lipinski definition) is 5. The quantitative estimate of drug-likeness (QED) is 0.677. The molecule has 0 atom stereocenters. The molecule has 2 aromatic rings. The average molecular weight is 444 g/mol. The number of halogens is 4. The lowest BCUT2D eigenvalue weighted by Crippen LogP contribution is -2.34. The molecule has 160 valence electrons. The summed E-state index contributed by atoms with van der Waals surface area (Å²) in [5, 5.41) is 0. The van der Waals surface area contributed by atoms with Crippen molar-refractivity contribution >= 4 is 27.3 Å². The summed E-state index contributed by atoms with van der Waals surface area (Å²) >= 11 is 0. The van der Waals surface area contributed by atoms with E-state index < -0.39 is 32.2 Å². The van der Waals surface area contributed by atoms with Crippen molar-refractivity contribution in [3.8, 4) is 0 Å². The lowest BCUT2D eigenvalue weighted by atomic mass is 9.96. The van der Waals surface area contributed by atoms with E-state index in [0.29, 0.717) is 24.7 Å². The van der Waals surface area contributed by atoms with Gasteiger partial charge in [0.2, 0.25) is 0 Å². The molecule has 2 heterocycles. The second-order valence-electron chi connectivity index (χ2n) is 6.91. The van der Waals surface area contributed by atoms with E-state index in [2.05, 4.69) is 0 Å². The number of nitrogens with zero attached hydrogens (tertiary/aromatic N) is 2. The van der Waals surface area contributed by atoms with Crippen LogP contribution in [0, 0.1) is 5.82 Å². The van der Waals surface area contributed by atoms with Crippen molar-refractivity contribution < 1.29 is 35.5 Å². The number of amides is 1. The number of cyclic esters (lactones) is 1. The van der Waals surface area contributed by atoms with E-state index in [1.807, 2.05) is 0 Å². The van der Waals surface area contributed by atoms with Gasteiger partial charge in [-0.1, -0.05) is 12.1 Å². The summed E-state index contributed by atoms with van der Waals surface area (Å²) in [5.74, 6) is -1.08. The molecule has 2 aromatic carbocycles. The number of carbonyl (C=O) groups excluding carboxylic acids is 1. The summed E-state index contributed by atoms with van der Waals surface area (Å²) in [6, 6.07) is 7.59. The molecular weight excluding hydrogens is 428 g/mol. The van der Waals surface area contributed by atoms with Crippen LogP contribution >= 0.6 is 0 Å². The van der Waals surface area contributed by atoms with E-state index in [1.54, 1.807) is 18.2 Å². The molecule has 0 saturated carbocycles. The molecule has 0 aromatic heterocycles. The first kappa shape index (κ1) is 20.5. The molecule has 2 aliphatic rings. The molecule has 1 fully saturated rings. The largest absolute Gasteiger partial charge is 0.501 e. The van der Waals surface area contributed by atoms with Gasteiger partial charge in [-0.3, -0.25) is 4.90 Å². The number of fused-ring (bicyclic) bond motifs is 1. The number of sulfone groups is 1. The van der Waals surface area contributed by atoms with Crippen LogP contribution in [-0.4, -0.2) is 39.7 Å². The molecule has 6 nitrogen and oxygen atoms in total. The highest BCUT2D eigenvalue weighted by atomic mass is 32.2. The maximum atomic E-state index is 13.6. The zero-order valence-electron chi connectivity index (χ0n) is 15.4. The number of rotatable bonds is 3. The van der Waals surface area contributed by atoms with Gasteiger partial charge in [-0.15, -0.1) is 0 Å². The van der Waals surface area contributed by atoms with Gasteiger partial charge in [0.25, 0.3) is 9.84 Å². The van der Waals surface area contributed by atoms with E-state index in [0.717, 1.165) is 23.3 Å². The third-order valence-electron chi connectivity index (χ3n) is 5.15. The molecule has 0 aliphatic carbocycles. The molecule has 11 heteroatoms. The fourth-order valence-corrected chi connectivity index (χ4v) is 4.74. The van der Waals surface area contributed by atoms with Crippen LogP contribution in [0.25, 0.3) is 0 Å². The molecular formula is C19H16F4N2O4S. The van der Waals surface area contributed by atoms with Crippen molar-refractivity contribution in [3.05, 3.63) is 53.3 Å². The SMILES string of the molecule is O=C1OCCN1c1cccc2c1CCN(c1ccc(F)cc1S(=O)(=O)C(F)(F)F)C2. The highest BCUT2D eigenvalue weighted by molar-refractivity contribution is 7.92. The maximum absolute atomic E-state index is 13.6. The van der Waals surface area contributed by atoms with Crippen molar-refractivity contribution in [3.63, 3.8) is 0 Å². The topological polar surface area (TPSA) is 66.9 Å². The molecule has 0 bridgehead atoms. The zero-order chi connectivity index (χ0) is 21.7. The Bertz CT molecular complexity index is 1120. The van der Waals surface area contributed by atoms with Crippen molar-refractivity contribution in [1.29, 1.82) is 0 Å². The Morgan fingerprint density at radius 1 is 1.03 bits per heavy atom. The summed E-state index contributed by atoms with van der Waals surface area (Å²) in [7, 11) is -5.74. The number of hydrogen-bond donors (Lipinski definition) is 0. The van der Waals surface area contributed by atoms with Gasteiger partial charge in [0.15, 0.2) is 0 Å². The summed E-state index contributed by atoms with van der Waals surface area (Å²) in [6.07, 6.45) is -0.110. The Kier molecular flexibility index (Phi) is 4.88. The smallest absolute Gasteiger partial charge is 0.447 e. The fraction of sp³-hybridized carbons (Fsp3) is 0.316. The lowest BCUT2D eigenvalue weighted by molar-refractivity contribution is -0.0435. The summed E-state index contributed by atoms with van der Waals surface area (Å²) in [6.45, 7) is 0.963. The predicted octanol–water partition coefficient (Wildman–Crippen LogP) is 3.64. The van der Waals surface area contributed by atoms with E-state index >= 15 is 0 Å². The van der Waals surface area contributed by atoms with Gasteiger partial charge < -0.3 is 9.64 Å². The third kappa shape index (κ3) is 3.36. The molecule has 0 unspecified atom stereocenters. The Hall–Kier alpha value is -2.82. The summed E-state index contributed by atoms with van der Waals surface area (Å²) in [4.78, 5) is 13.8. The van der Waals surface area contributed by atoms with Crippen LogP contribution in [0.1, 0.15) is 11.1 Å². The number of carbonyl (C=O) groups is 1. The molecule has 2 aliphatic heterocycles. The summed E-state index contributed by atoms with van der Waals surface area (Å²) < 4.78 is 82.0. The molecule has 1 saturated heterocycles. The van der Waals surface area contributed by atoms with E-state index in [9.17, 15) is 30.8 Å². The van der Waals surface area contributed by atoms with Gasteiger partial charge in [0.05, 0.1) is 17.9 Å². The highest BCUT2D eigenvalue weighted by Crippen LogP contribution is 2.39. The van der Waals surface area contributed by atoms with Crippen LogP contribution in [0.15, 0.2) is 41.3 Å². The lowest BCUT2D eigenvalue weighted by Gasteiger charge is -2.34. The van der Waals surface area contributed by atoms with Crippen LogP contribution in [0.4, 0.5) is 33.7 Å². The normalized spacial score (nSPS) is 17.1. The highest BCUT2D eigenvalue weighted by Gasteiger charge is 2.48.